The topological polar surface area (TPSA) is 129 Å². The van der Waals surface area contributed by atoms with Crippen LogP contribution < -0.4 is 4.57 Å². The summed E-state index contributed by atoms with van der Waals surface area (Å²) >= 11 is 0. The Kier molecular flexibility index (Phi) is 6.86. The van der Waals surface area contributed by atoms with Crippen molar-refractivity contribution in [3.8, 4) is 5.69 Å². The molecule has 0 aromatic carbocycles. The van der Waals surface area contributed by atoms with Crippen molar-refractivity contribution >= 4 is 22.1 Å². The van der Waals surface area contributed by atoms with Gasteiger partial charge in [-0.25, -0.2) is 23.7 Å². The van der Waals surface area contributed by atoms with E-state index < -0.39 is 22.1 Å². The number of nitrogens with zero attached hydrogens (tertiary/aromatic N) is 3. The number of aryl methyl sites for hydroxylation is 2. The number of hydrogen-bond donors (Lipinski definition) is 1. The van der Waals surface area contributed by atoms with Gasteiger partial charge in [-0.15, -0.1) is 0 Å². The number of carbonyl (C=O) groups excluding carboxylic acids is 2. The Bertz CT molecular complexity index is 948. The average molecular weight is 412 g/mol. The smallest absolute Gasteiger partial charge is 0.356 e. The summed E-state index contributed by atoms with van der Waals surface area (Å²) in [4.78, 5) is 27.7. The van der Waals surface area contributed by atoms with Gasteiger partial charge in [0.1, 0.15) is 17.6 Å². The van der Waals surface area contributed by atoms with Gasteiger partial charge in [0.25, 0.3) is 10.1 Å². The molecule has 2 rings (SSSR count). The molecule has 0 aliphatic heterocycles. The summed E-state index contributed by atoms with van der Waals surface area (Å²) < 4.78 is 43.6. The first-order chi connectivity index (χ1) is 13.2. The Morgan fingerprint density at radius 1 is 1.18 bits per heavy atom. The number of imidazole rings is 1. The third-order valence-corrected chi connectivity index (χ3v) is 4.79. The van der Waals surface area contributed by atoms with Crippen LogP contribution in [0.4, 0.5) is 0 Å². The molecule has 0 saturated carbocycles. The van der Waals surface area contributed by atoms with Gasteiger partial charge in [-0.05, 0) is 0 Å². The Morgan fingerprint density at radius 3 is 2.21 bits per heavy atom. The fraction of sp³-hybridized carbons (Fsp3) is 0.412. The van der Waals surface area contributed by atoms with Gasteiger partial charge in [0.05, 0.1) is 26.5 Å². The van der Waals surface area contributed by atoms with Crippen LogP contribution in [0.1, 0.15) is 40.0 Å². The van der Waals surface area contributed by atoms with Gasteiger partial charge in [-0.1, -0.05) is 6.92 Å². The van der Waals surface area contributed by atoms with Crippen molar-refractivity contribution in [3.63, 3.8) is 0 Å². The monoisotopic (exact) mass is 412 g/mol. The lowest BCUT2D eigenvalue weighted by Gasteiger charge is -2.04. The Labute approximate surface area is 162 Å². The molecule has 28 heavy (non-hydrogen) atoms. The van der Waals surface area contributed by atoms with Crippen molar-refractivity contribution in [2.45, 2.75) is 26.3 Å². The van der Waals surface area contributed by atoms with Crippen LogP contribution in [-0.2, 0) is 32.6 Å². The molecule has 0 aliphatic carbocycles. The van der Waals surface area contributed by atoms with Crippen LogP contribution >= 0.6 is 0 Å². The number of ether oxygens (including phenoxy) is 2. The molecule has 10 nitrogen and oxygen atoms in total. The summed E-state index contributed by atoms with van der Waals surface area (Å²) in [6, 6.07) is 2.94. The summed E-state index contributed by atoms with van der Waals surface area (Å²) in [5.74, 6) is -1.74. The highest BCUT2D eigenvalue weighted by Crippen LogP contribution is 2.11. The highest BCUT2D eigenvalue weighted by atomic mass is 32.2. The van der Waals surface area contributed by atoms with Gasteiger partial charge in [-0.3, -0.25) is 4.55 Å². The lowest BCUT2D eigenvalue weighted by atomic mass is 10.2. The lowest BCUT2D eigenvalue weighted by Crippen LogP contribution is -2.29. The lowest BCUT2D eigenvalue weighted by molar-refractivity contribution is -0.595. The first kappa shape index (κ1) is 21.5. The molecule has 2 aromatic heterocycles. The van der Waals surface area contributed by atoms with Gasteiger partial charge in [-0.2, -0.15) is 8.42 Å². The zero-order chi connectivity index (χ0) is 20.9. The second-order valence-electron chi connectivity index (χ2n) is 5.91. The molecule has 0 aliphatic rings. The minimum absolute atomic E-state index is 0.0509. The van der Waals surface area contributed by atoms with E-state index in [0.717, 1.165) is 5.69 Å². The van der Waals surface area contributed by atoms with Crippen molar-refractivity contribution < 1.29 is 36.6 Å². The van der Waals surface area contributed by atoms with E-state index in [2.05, 4.69) is 14.5 Å². The van der Waals surface area contributed by atoms with Gasteiger partial charge in [0.2, 0.25) is 6.33 Å². The quantitative estimate of drug-likeness (QED) is 0.379. The largest absolute Gasteiger partial charge is 0.464 e. The number of aromatic nitrogens is 3. The Balaban J connectivity index is 2.43. The van der Waals surface area contributed by atoms with Crippen molar-refractivity contribution in [1.82, 2.24) is 9.55 Å². The molecule has 2 aromatic rings. The van der Waals surface area contributed by atoms with Crippen LogP contribution in [0.25, 0.3) is 5.69 Å². The van der Waals surface area contributed by atoms with E-state index >= 15 is 0 Å². The number of pyridine rings is 1. The number of hydrogen-bond acceptors (Lipinski definition) is 7. The van der Waals surface area contributed by atoms with Crippen LogP contribution in [0.15, 0.2) is 24.7 Å². The van der Waals surface area contributed by atoms with Gasteiger partial charge < -0.3 is 9.47 Å². The molecule has 0 fully saturated rings. The first-order valence-corrected chi connectivity index (χ1v) is 10.0. The molecule has 0 saturated heterocycles. The normalized spacial score (nSPS) is 11.3. The maximum Gasteiger partial charge on any atom is 0.356 e. The second-order valence-corrected chi connectivity index (χ2v) is 7.48. The molecule has 0 bridgehead atoms. The molecule has 0 amide bonds. The molecule has 0 radical (unpaired) electrons. The summed E-state index contributed by atoms with van der Waals surface area (Å²) in [6.07, 6.45) is 4.40. The fourth-order valence-corrected chi connectivity index (χ4v) is 3.12. The van der Waals surface area contributed by atoms with Gasteiger partial charge >= 0.3 is 11.9 Å². The predicted molar refractivity (Wildman–Crippen MR) is 96.8 cm³/mol. The van der Waals surface area contributed by atoms with Gasteiger partial charge in [0, 0.05) is 25.0 Å². The van der Waals surface area contributed by atoms with Crippen molar-refractivity contribution in [2.75, 3.05) is 20.0 Å². The molecule has 2 heterocycles. The SMILES string of the molecule is CCc1c[n+](-c2cc(C(=O)OC)nc(C(=O)OC)c2)cn1CCCS(=O)(=O)O. The molecule has 0 atom stereocenters. The second kappa shape index (κ2) is 8.93. The first-order valence-electron chi connectivity index (χ1n) is 8.43. The van der Waals surface area contributed by atoms with Crippen LogP contribution in [0.5, 0.6) is 0 Å². The van der Waals surface area contributed by atoms with E-state index in [1.54, 1.807) is 17.1 Å². The molecule has 1 N–H and O–H groups in total. The maximum atomic E-state index is 11.9. The van der Waals surface area contributed by atoms with Crippen molar-refractivity contribution in [1.29, 1.82) is 0 Å². The maximum absolute atomic E-state index is 11.9. The number of methoxy groups -OCH3 is 2. The number of rotatable bonds is 8. The van der Waals surface area contributed by atoms with Crippen molar-refractivity contribution in [2.24, 2.45) is 0 Å². The van der Waals surface area contributed by atoms with Crippen LogP contribution in [-0.4, -0.2) is 54.4 Å². The van der Waals surface area contributed by atoms with Gasteiger partial charge in [0.15, 0.2) is 11.4 Å². The van der Waals surface area contributed by atoms with Crippen LogP contribution in [0, 0.1) is 0 Å². The van der Waals surface area contributed by atoms with E-state index in [4.69, 9.17) is 4.55 Å². The summed E-state index contributed by atoms with van der Waals surface area (Å²) in [6.45, 7) is 2.31. The molecular weight excluding hydrogens is 390 g/mol. The molecule has 0 spiro atoms. The Morgan fingerprint density at radius 2 is 1.75 bits per heavy atom. The van der Waals surface area contributed by atoms with E-state index in [1.807, 2.05) is 11.5 Å². The highest BCUT2D eigenvalue weighted by molar-refractivity contribution is 7.85. The fourth-order valence-electron chi connectivity index (χ4n) is 2.63. The van der Waals surface area contributed by atoms with E-state index in [1.165, 1.54) is 26.4 Å². The Hall–Kier alpha value is -2.79. The predicted octanol–water partition coefficient (Wildman–Crippen LogP) is 0.573. The van der Waals surface area contributed by atoms with E-state index in [9.17, 15) is 18.0 Å². The van der Waals surface area contributed by atoms with Crippen molar-refractivity contribution in [3.05, 3.63) is 41.7 Å². The summed E-state index contributed by atoms with van der Waals surface area (Å²) in [5.41, 5.74) is 1.28. The molecule has 0 unspecified atom stereocenters. The zero-order valence-electron chi connectivity index (χ0n) is 15.8. The number of carbonyl (C=O) groups is 2. The summed E-state index contributed by atoms with van der Waals surface area (Å²) in [7, 11) is -1.60. The minimum atomic E-state index is -4.03. The molecule has 152 valence electrons. The third-order valence-electron chi connectivity index (χ3n) is 3.98. The average Bonchev–Trinajstić information content (AvgIpc) is 3.08. The zero-order valence-corrected chi connectivity index (χ0v) is 16.6. The van der Waals surface area contributed by atoms with E-state index in [-0.39, 0.29) is 23.6 Å². The van der Waals surface area contributed by atoms with Crippen LogP contribution in [0.3, 0.4) is 0 Å². The number of esters is 2. The van der Waals surface area contributed by atoms with E-state index in [0.29, 0.717) is 18.7 Å². The standard InChI is InChI=1S/C17H21N3O7S/c1-4-12-10-20(11-19(12)6-5-7-28(23,24)25)13-8-14(16(21)26-2)18-15(9-13)17(22)27-3/h8-11H,4-7H2,1-3H3/p+1. The molecule has 11 heteroatoms. The highest BCUT2D eigenvalue weighted by Gasteiger charge is 2.21. The minimum Gasteiger partial charge on any atom is -0.464 e. The molecular formula is C17H22N3O7S+. The third kappa shape index (κ3) is 5.36. The summed E-state index contributed by atoms with van der Waals surface area (Å²) in [5, 5.41) is 0. The van der Waals surface area contributed by atoms with Crippen LogP contribution in [0.2, 0.25) is 0 Å².